The Morgan fingerprint density at radius 2 is 2.10 bits per heavy atom. The van der Waals surface area contributed by atoms with Gasteiger partial charge in [-0.3, -0.25) is 4.98 Å². The van der Waals surface area contributed by atoms with E-state index in [1.807, 2.05) is 24.3 Å². The van der Waals surface area contributed by atoms with Gasteiger partial charge in [0.1, 0.15) is 0 Å². The first-order valence-corrected chi connectivity index (χ1v) is 7.24. The second-order valence-corrected chi connectivity index (χ2v) is 5.92. The lowest BCUT2D eigenvalue weighted by Gasteiger charge is -2.29. The van der Waals surface area contributed by atoms with Gasteiger partial charge in [-0.05, 0) is 36.8 Å². The van der Waals surface area contributed by atoms with E-state index in [0.29, 0.717) is 17.4 Å². The highest BCUT2D eigenvalue weighted by atomic mass is 16.4. The van der Waals surface area contributed by atoms with Crippen molar-refractivity contribution in [2.45, 2.75) is 39.0 Å². The summed E-state index contributed by atoms with van der Waals surface area (Å²) in [4.78, 5) is 16.5. The number of aromatic nitrogens is 1. The molecule has 0 amide bonds. The number of benzene rings is 1. The number of hydrogen-bond acceptors (Lipinski definition) is 2. The highest BCUT2D eigenvalue weighted by Crippen LogP contribution is 2.39. The molecule has 0 radical (unpaired) electrons. The molecular formula is C17H19NO2. The van der Waals surface area contributed by atoms with Crippen LogP contribution in [0.2, 0.25) is 0 Å². The van der Waals surface area contributed by atoms with Gasteiger partial charge in [0.25, 0.3) is 0 Å². The molecule has 3 nitrogen and oxygen atoms in total. The molecule has 1 heterocycles. The summed E-state index contributed by atoms with van der Waals surface area (Å²) >= 11 is 0. The van der Waals surface area contributed by atoms with Crippen LogP contribution >= 0.6 is 0 Å². The lowest BCUT2D eigenvalue weighted by molar-refractivity contribution is 0.0697. The summed E-state index contributed by atoms with van der Waals surface area (Å²) in [7, 11) is 0. The standard InChI is InChI=1S/C17H19NO2/c1-10(2)11-7-5-8-13-15(17(19)20)12-6-3-4-9-14(12)18-16(11)13/h3-4,6,9-11H,5,7-8H2,1-2H3,(H,19,20). The molecular weight excluding hydrogens is 250 g/mol. The minimum Gasteiger partial charge on any atom is -0.478 e. The summed E-state index contributed by atoms with van der Waals surface area (Å²) in [6.45, 7) is 4.38. The Hall–Kier alpha value is -1.90. The summed E-state index contributed by atoms with van der Waals surface area (Å²) in [6.07, 6.45) is 2.99. The van der Waals surface area contributed by atoms with E-state index in [4.69, 9.17) is 4.98 Å². The number of para-hydroxylation sites is 1. The van der Waals surface area contributed by atoms with Crippen molar-refractivity contribution in [2.75, 3.05) is 0 Å². The minimum atomic E-state index is -0.829. The fraction of sp³-hybridized carbons (Fsp3) is 0.412. The average molecular weight is 269 g/mol. The first-order chi connectivity index (χ1) is 9.59. The van der Waals surface area contributed by atoms with E-state index in [0.717, 1.165) is 41.4 Å². The van der Waals surface area contributed by atoms with Gasteiger partial charge in [-0.25, -0.2) is 4.79 Å². The molecule has 1 aromatic heterocycles. The van der Waals surface area contributed by atoms with Crippen LogP contribution in [0.5, 0.6) is 0 Å². The molecule has 104 valence electrons. The molecule has 0 bridgehead atoms. The summed E-state index contributed by atoms with van der Waals surface area (Å²) < 4.78 is 0. The second kappa shape index (κ2) is 4.89. The van der Waals surface area contributed by atoms with Crippen LogP contribution in [0.3, 0.4) is 0 Å². The molecule has 1 atom stereocenters. The van der Waals surface area contributed by atoms with Gasteiger partial charge in [-0.2, -0.15) is 0 Å². The van der Waals surface area contributed by atoms with Gasteiger partial charge in [0, 0.05) is 17.0 Å². The lowest BCUT2D eigenvalue weighted by atomic mass is 9.78. The van der Waals surface area contributed by atoms with Crippen LogP contribution in [-0.4, -0.2) is 16.1 Å². The zero-order chi connectivity index (χ0) is 14.3. The maximum atomic E-state index is 11.7. The van der Waals surface area contributed by atoms with E-state index >= 15 is 0 Å². The zero-order valence-corrected chi connectivity index (χ0v) is 11.9. The Bertz CT molecular complexity index is 676. The van der Waals surface area contributed by atoms with E-state index in [-0.39, 0.29) is 0 Å². The highest BCUT2D eigenvalue weighted by molar-refractivity contribution is 6.04. The van der Waals surface area contributed by atoms with Crippen molar-refractivity contribution in [3.63, 3.8) is 0 Å². The molecule has 1 N–H and O–H groups in total. The van der Waals surface area contributed by atoms with E-state index < -0.39 is 5.97 Å². The van der Waals surface area contributed by atoms with E-state index in [2.05, 4.69) is 13.8 Å². The van der Waals surface area contributed by atoms with Crippen LogP contribution in [0.1, 0.15) is 54.2 Å². The zero-order valence-electron chi connectivity index (χ0n) is 11.9. The number of aromatic carboxylic acids is 1. The van der Waals surface area contributed by atoms with Crippen molar-refractivity contribution in [3.05, 3.63) is 41.1 Å². The Morgan fingerprint density at radius 3 is 2.80 bits per heavy atom. The Balaban J connectivity index is 2.35. The molecule has 0 saturated carbocycles. The van der Waals surface area contributed by atoms with Crippen LogP contribution < -0.4 is 0 Å². The Kier molecular flexibility index (Phi) is 3.20. The largest absolute Gasteiger partial charge is 0.478 e. The molecule has 1 aliphatic carbocycles. The van der Waals surface area contributed by atoms with Gasteiger partial charge in [0.05, 0.1) is 11.1 Å². The van der Waals surface area contributed by atoms with Crippen molar-refractivity contribution in [1.82, 2.24) is 4.98 Å². The van der Waals surface area contributed by atoms with Crippen LogP contribution in [0.25, 0.3) is 10.9 Å². The van der Waals surface area contributed by atoms with Gasteiger partial charge in [0.15, 0.2) is 0 Å². The summed E-state index contributed by atoms with van der Waals surface area (Å²) in [6, 6.07) is 7.57. The quantitative estimate of drug-likeness (QED) is 0.896. The molecule has 1 aliphatic rings. The van der Waals surface area contributed by atoms with Crippen molar-refractivity contribution in [1.29, 1.82) is 0 Å². The molecule has 0 aliphatic heterocycles. The molecule has 0 spiro atoms. The number of rotatable bonds is 2. The van der Waals surface area contributed by atoms with Gasteiger partial charge in [-0.15, -0.1) is 0 Å². The predicted octanol–water partition coefficient (Wildman–Crippen LogP) is 4.01. The van der Waals surface area contributed by atoms with Crippen LogP contribution in [0.4, 0.5) is 0 Å². The average Bonchev–Trinajstić information content (AvgIpc) is 2.43. The number of nitrogens with zero attached hydrogens (tertiary/aromatic N) is 1. The normalized spacial score (nSPS) is 18.2. The maximum absolute atomic E-state index is 11.7. The summed E-state index contributed by atoms with van der Waals surface area (Å²) in [5.41, 5.74) is 3.25. The van der Waals surface area contributed by atoms with Crippen molar-refractivity contribution < 1.29 is 9.90 Å². The van der Waals surface area contributed by atoms with Crippen molar-refractivity contribution >= 4 is 16.9 Å². The Labute approximate surface area is 118 Å². The molecule has 20 heavy (non-hydrogen) atoms. The minimum absolute atomic E-state index is 0.376. The van der Waals surface area contributed by atoms with Gasteiger partial charge >= 0.3 is 5.97 Å². The number of fused-ring (bicyclic) bond motifs is 2. The number of pyridine rings is 1. The highest BCUT2D eigenvalue weighted by Gasteiger charge is 2.29. The van der Waals surface area contributed by atoms with Gasteiger partial charge in [0.2, 0.25) is 0 Å². The van der Waals surface area contributed by atoms with E-state index in [1.165, 1.54) is 0 Å². The molecule has 0 fully saturated rings. The fourth-order valence-electron chi connectivity index (χ4n) is 3.36. The molecule has 2 aromatic rings. The third kappa shape index (κ3) is 1.98. The van der Waals surface area contributed by atoms with Crippen molar-refractivity contribution in [3.8, 4) is 0 Å². The number of carboxylic acid groups (broad SMARTS) is 1. The van der Waals surface area contributed by atoms with Gasteiger partial charge in [-0.1, -0.05) is 32.0 Å². The fourth-order valence-corrected chi connectivity index (χ4v) is 3.36. The molecule has 3 rings (SSSR count). The SMILES string of the molecule is CC(C)C1CCCc2c1nc1ccccc1c2C(=O)O. The summed E-state index contributed by atoms with van der Waals surface area (Å²) in [5, 5.41) is 10.4. The predicted molar refractivity (Wildman–Crippen MR) is 79.2 cm³/mol. The smallest absolute Gasteiger partial charge is 0.336 e. The molecule has 3 heteroatoms. The van der Waals surface area contributed by atoms with Crippen LogP contribution in [0, 0.1) is 5.92 Å². The lowest BCUT2D eigenvalue weighted by Crippen LogP contribution is -2.20. The van der Waals surface area contributed by atoms with Crippen LogP contribution in [-0.2, 0) is 6.42 Å². The topological polar surface area (TPSA) is 50.2 Å². The summed E-state index contributed by atoms with van der Waals surface area (Å²) in [5.74, 6) is 0.0371. The Morgan fingerprint density at radius 1 is 1.35 bits per heavy atom. The number of carbonyl (C=O) groups is 1. The van der Waals surface area contributed by atoms with Crippen LogP contribution in [0.15, 0.2) is 24.3 Å². The monoisotopic (exact) mass is 269 g/mol. The third-order valence-electron chi connectivity index (χ3n) is 4.34. The van der Waals surface area contributed by atoms with E-state index in [9.17, 15) is 9.90 Å². The van der Waals surface area contributed by atoms with Gasteiger partial charge < -0.3 is 5.11 Å². The third-order valence-corrected chi connectivity index (χ3v) is 4.34. The maximum Gasteiger partial charge on any atom is 0.336 e. The number of hydrogen-bond donors (Lipinski definition) is 1. The first-order valence-electron chi connectivity index (χ1n) is 7.24. The van der Waals surface area contributed by atoms with E-state index in [1.54, 1.807) is 0 Å². The van der Waals surface area contributed by atoms with Crippen molar-refractivity contribution in [2.24, 2.45) is 5.92 Å². The molecule has 0 saturated heterocycles. The molecule has 1 unspecified atom stereocenters. The number of carboxylic acids is 1. The second-order valence-electron chi connectivity index (χ2n) is 5.92. The molecule has 1 aromatic carbocycles. The first kappa shape index (κ1) is 13.1.